The highest BCUT2D eigenvalue weighted by Gasteiger charge is 2.02. The van der Waals surface area contributed by atoms with E-state index < -0.39 is 0 Å². The van der Waals surface area contributed by atoms with Crippen molar-refractivity contribution in [2.24, 2.45) is 0 Å². The Morgan fingerprint density at radius 3 is 2.00 bits per heavy atom. The highest BCUT2D eigenvalue weighted by molar-refractivity contribution is 14.1. The quantitative estimate of drug-likeness (QED) is 0.538. The summed E-state index contributed by atoms with van der Waals surface area (Å²) in [5.41, 5.74) is 4.02. The zero-order chi connectivity index (χ0) is 8.43. The molecule has 0 aliphatic carbocycles. The number of hydrogen-bond acceptors (Lipinski definition) is 0. The SMILES string of the molecule is Cc1cc(C)cc(C(Br)I)c1. The summed E-state index contributed by atoms with van der Waals surface area (Å²) in [4.78, 5) is 0. The maximum Gasteiger partial charge on any atom is 0.0910 e. The molecule has 1 aromatic carbocycles. The van der Waals surface area contributed by atoms with E-state index in [0.29, 0.717) is 2.83 Å². The smallest absolute Gasteiger partial charge is 0.0722 e. The molecule has 1 rings (SSSR count). The predicted octanol–water partition coefficient (Wildman–Crippen LogP) is 4.13. The van der Waals surface area contributed by atoms with Crippen molar-refractivity contribution >= 4 is 38.5 Å². The number of rotatable bonds is 1. The number of hydrogen-bond donors (Lipinski definition) is 0. The Balaban J connectivity index is 3.08. The van der Waals surface area contributed by atoms with Crippen LogP contribution in [0, 0.1) is 13.8 Å². The summed E-state index contributed by atoms with van der Waals surface area (Å²) in [7, 11) is 0. The Labute approximate surface area is 89.7 Å². The first-order chi connectivity index (χ1) is 5.09. The van der Waals surface area contributed by atoms with E-state index in [1.807, 2.05) is 0 Å². The molecule has 0 aromatic heterocycles. The van der Waals surface area contributed by atoms with Crippen LogP contribution >= 0.6 is 38.5 Å². The van der Waals surface area contributed by atoms with Gasteiger partial charge in [-0.1, -0.05) is 67.8 Å². The molecule has 60 valence electrons. The molecule has 0 aliphatic heterocycles. The molecule has 2 heteroatoms. The summed E-state index contributed by atoms with van der Waals surface area (Å²) < 4.78 is 0.429. The average Bonchev–Trinajstić information content (AvgIpc) is 1.85. The van der Waals surface area contributed by atoms with E-state index in [1.54, 1.807) is 0 Å². The number of aryl methyl sites for hydroxylation is 2. The first-order valence-corrected chi connectivity index (χ1v) is 5.62. The van der Waals surface area contributed by atoms with E-state index in [4.69, 9.17) is 0 Å². The Morgan fingerprint density at radius 1 is 1.18 bits per heavy atom. The van der Waals surface area contributed by atoms with E-state index in [1.165, 1.54) is 16.7 Å². The van der Waals surface area contributed by atoms with Gasteiger partial charge in [0.2, 0.25) is 0 Å². The average molecular weight is 325 g/mol. The standard InChI is InChI=1S/C9H10BrI/c1-6-3-7(2)5-8(4-6)9(10)11/h3-5,9H,1-2H3. The first kappa shape index (κ1) is 9.52. The molecule has 0 saturated carbocycles. The molecule has 0 amide bonds. The zero-order valence-electron chi connectivity index (χ0n) is 6.57. The van der Waals surface area contributed by atoms with Gasteiger partial charge in [0.25, 0.3) is 0 Å². The molecule has 0 bridgehead atoms. The van der Waals surface area contributed by atoms with E-state index in [-0.39, 0.29) is 0 Å². The predicted molar refractivity (Wildman–Crippen MR) is 61.6 cm³/mol. The molecular weight excluding hydrogens is 315 g/mol. The number of alkyl halides is 2. The summed E-state index contributed by atoms with van der Waals surface area (Å²) >= 11 is 5.90. The molecule has 0 N–H and O–H groups in total. The van der Waals surface area contributed by atoms with Crippen molar-refractivity contribution in [2.45, 2.75) is 16.7 Å². The normalized spacial score (nSPS) is 13.1. The summed E-state index contributed by atoms with van der Waals surface area (Å²) in [6, 6.07) is 6.60. The van der Waals surface area contributed by atoms with Gasteiger partial charge in [-0.2, -0.15) is 0 Å². The molecule has 11 heavy (non-hydrogen) atoms. The van der Waals surface area contributed by atoms with Gasteiger partial charge in [-0.3, -0.25) is 0 Å². The van der Waals surface area contributed by atoms with Gasteiger partial charge in [-0.25, -0.2) is 0 Å². The molecule has 0 saturated heterocycles. The highest BCUT2D eigenvalue weighted by Crippen LogP contribution is 2.30. The van der Waals surface area contributed by atoms with Gasteiger partial charge >= 0.3 is 0 Å². The van der Waals surface area contributed by atoms with Crippen molar-refractivity contribution in [3.63, 3.8) is 0 Å². The lowest BCUT2D eigenvalue weighted by Gasteiger charge is -2.04. The third-order valence-corrected chi connectivity index (χ3v) is 2.74. The van der Waals surface area contributed by atoms with Crippen LogP contribution in [-0.4, -0.2) is 0 Å². The molecule has 0 radical (unpaired) electrons. The molecule has 1 atom stereocenters. The minimum atomic E-state index is 0.429. The van der Waals surface area contributed by atoms with E-state index in [2.05, 4.69) is 70.6 Å². The topological polar surface area (TPSA) is 0 Å². The monoisotopic (exact) mass is 324 g/mol. The van der Waals surface area contributed by atoms with Crippen molar-refractivity contribution in [3.8, 4) is 0 Å². The molecule has 0 aliphatic rings. The van der Waals surface area contributed by atoms with Crippen LogP contribution in [0.4, 0.5) is 0 Å². The van der Waals surface area contributed by atoms with Crippen LogP contribution < -0.4 is 0 Å². The molecule has 1 aromatic rings. The van der Waals surface area contributed by atoms with Crippen LogP contribution in [0.15, 0.2) is 18.2 Å². The van der Waals surface area contributed by atoms with Crippen LogP contribution in [-0.2, 0) is 0 Å². The molecule has 0 fully saturated rings. The van der Waals surface area contributed by atoms with Crippen molar-refractivity contribution in [1.29, 1.82) is 0 Å². The fourth-order valence-electron chi connectivity index (χ4n) is 1.14. The van der Waals surface area contributed by atoms with Crippen molar-refractivity contribution in [1.82, 2.24) is 0 Å². The van der Waals surface area contributed by atoms with Crippen LogP contribution in [0.1, 0.15) is 19.5 Å². The second-order valence-corrected chi connectivity index (χ2v) is 6.59. The van der Waals surface area contributed by atoms with E-state index in [0.717, 1.165) is 0 Å². The molecule has 0 nitrogen and oxygen atoms in total. The Bertz CT molecular complexity index is 235. The summed E-state index contributed by atoms with van der Waals surface area (Å²) in [6.07, 6.45) is 0. The first-order valence-electron chi connectivity index (χ1n) is 3.46. The highest BCUT2D eigenvalue weighted by atomic mass is 127. The van der Waals surface area contributed by atoms with Gasteiger partial charge in [0.05, 0.1) is 2.83 Å². The van der Waals surface area contributed by atoms with Crippen molar-refractivity contribution in [3.05, 3.63) is 34.9 Å². The lowest BCUT2D eigenvalue weighted by Crippen LogP contribution is -1.84. The van der Waals surface area contributed by atoms with Crippen LogP contribution in [0.2, 0.25) is 0 Å². The van der Waals surface area contributed by atoms with Crippen LogP contribution in [0.5, 0.6) is 0 Å². The van der Waals surface area contributed by atoms with Crippen LogP contribution in [0.3, 0.4) is 0 Å². The van der Waals surface area contributed by atoms with Crippen molar-refractivity contribution < 1.29 is 0 Å². The third kappa shape index (κ3) is 2.75. The molecular formula is C9H10BrI. The fourth-order valence-corrected chi connectivity index (χ4v) is 1.76. The maximum absolute atomic E-state index is 3.54. The number of benzene rings is 1. The Kier molecular flexibility index (Phi) is 3.37. The fraction of sp³-hybridized carbons (Fsp3) is 0.333. The van der Waals surface area contributed by atoms with Gasteiger partial charge in [0, 0.05) is 0 Å². The van der Waals surface area contributed by atoms with E-state index >= 15 is 0 Å². The third-order valence-electron chi connectivity index (χ3n) is 1.50. The lowest BCUT2D eigenvalue weighted by molar-refractivity contribution is 1.31. The molecule has 0 spiro atoms. The lowest BCUT2D eigenvalue weighted by atomic mass is 10.1. The van der Waals surface area contributed by atoms with Gasteiger partial charge in [-0.15, -0.1) is 0 Å². The van der Waals surface area contributed by atoms with E-state index in [9.17, 15) is 0 Å². The van der Waals surface area contributed by atoms with Gasteiger partial charge in [0.15, 0.2) is 0 Å². The molecule has 1 unspecified atom stereocenters. The van der Waals surface area contributed by atoms with Gasteiger partial charge in [0.1, 0.15) is 0 Å². The van der Waals surface area contributed by atoms with Crippen LogP contribution in [0.25, 0.3) is 0 Å². The number of halogens is 2. The summed E-state index contributed by atoms with van der Waals surface area (Å²) in [6.45, 7) is 4.26. The Morgan fingerprint density at radius 2 is 1.64 bits per heavy atom. The largest absolute Gasteiger partial charge is 0.0910 e. The minimum absolute atomic E-state index is 0.429. The summed E-state index contributed by atoms with van der Waals surface area (Å²) in [5.74, 6) is 0. The molecule has 0 heterocycles. The summed E-state index contributed by atoms with van der Waals surface area (Å²) in [5, 5.41) is 0. The minimum Gasteiger partial charge on any atom is -0.0722 e. The zero-order valence-corrected chi connectivity index (χ0v) is 10.3. The van der Waals surface area contributed by atoms with Crippen molar-refractivity contribution in [2.75, 3.05) is 0 Å². The van der Waals surface area contributed by atoms with Gasteiger partial charge < -0.3 is 0 Å². The second-order valence-electron chi connectivity index (χ2n) is 2.72. The Hall–Kier alpha value is 0.430. The second kappa shape index (κ2) is 3.90. The van der Waals surface area contributed by atoms with Gasteiger partial charge in [-0.05, 0) is 19.4 Å². The maximum atomic E-state index is 3.54.